The zero-order chi connectivity index (χ0) is 23.6. The number of carbonyl (C=O) groups excluding carboxylic acids is 2. The van der Waals surface area contributed by atoms with Gasteiger partial charge in [0.05, 0.1) is 15.4 Å². The predicted octanol–water partition coefficient (Wildman–Crippen LogP) is 6.99. The van der Waals surface area contributed by atoms with Crippen LogP contribution in [-0.4, -0.2) is 17.4 Å². The maximum absolute atomic E-state index is 12.7. The van der Waals surface area contributed by atoms with Crippen LogP contribution in [0.25, 0.3) is 27.5 Å². The van der Waals surface area contributed by atoms with Crippen LogP contribution in [0.4, 0.5) is 5.69 Å². The van der Waals surface area contributed by atoms with Crippen molar-refractivity contribution in [3.63, 3.8) is 0 Å². The molecule has 0 bridgehead atoms. The van der Waals surface area contributed by atoms with Gasteiger partial charge in [0.1, 0.15) is 16.4 Å². The summed E-state index contributed by atoms with van der Waals surface area (Å²) in [7, 11) is 0. The monoisotopic (exact) mass is 478 g/mol. The largest absolute Gasteiger partial charge is 0.457 e. The summed E-state index contributed by atoms with van der Waals surface area (Å²) in [6.07, 6.45) is 3.03. The number of nitrogens with one attached hydrogen (secondary N) is 2. The van der Waals surface area contributed by atoms with E-state index in [1.54, 1.807) is 18.2 Å². The second kappa shape index (κ2) is 9.25. The normalized spacial score (nSPS) is 11.8. The van der Waals surface area contributed by atoms with Crippen molar-refractivity contribution >= 4 is 56.6 Å². The van der Waals surface area contributed by atoms with Gasteiger partial charge in [0.15, 0.2) is 0 Å². The van der Waals surface area contributed by atoms with Gasteiger partial charge in [0, 0.05) is 22.6 Å². The molecule has 0 unspecified atom stereocenters. The molecule has 4 aromatic rings. The molecule has 0 atom stereocenters. The first-order valence-electron chi connectivity index (χ1n) is 10.4. The second-order valence-corrected chi connectivity index (χ2v) is 9.92. The predicted molar refractivity (Wildman–Crippen MR) is 136 cm³/mol. The number of hydrogen-bond acceptors (Lipinski definition) is 4. The summed E-state index contributed by atoms with van der Waals surface area (Å²) in [5.74, 6) is 0.750. The van der Waals surface area contributed by atoms with Gasteiger partial charge in [0.2, 0.25) is 5.91 Å². The molecule has 168 valence electrons. The molecule has 2 aromatic heterocycles. The van der Waals surface area contributed by atoms with Gasteiger partial charge >= 0.3 is 0 Å². The minimum Gasteiger partial charge on any atom is -0.457 e. The molecular weight excluding hydrogens is 456 g/mol. The third kappa shape index (κ3) is 5.35. The molecule has 0 aliphatic rings. The summed E-state index contributed by atoms with van der Waals surface area (Å²) in [5, 5.41) is 6.91. The Kier molecular flexibility index (Phi) is 6.40. The molecule has 0 fully saturated rings. The van der Waals surface area contributed by atoms with Crippen molar-refractivity contribution in [1.29, 1.82) is 0 Å². The summed E-state index contributed by atoms with van der Waals surface area (Å²) < 4.78 is 6.54. The molecule has 7 heteroatoms. The quantitative estimate of drug-likeness (QED) is 0.303. The van der Waals surface area contributed by atoms with Crippen LogP contribution >= 0.6 is 22.9 Å². The molecule has 0 aliphatic heterocycles. The van der Waals surface area contributed by atoms with Gasteiger partial charge in [-0.05, 0) is 45.0 Å². The molecule has 0 aliphatic carbocycles. The summed E-state index contributed by atoms with van der Waals surface area (Å²) in [6, 6.07) is 18.8. The fourth-order valence-corrected chi connectivity index (χ4v) is 4.73. The highest BCUT2D eigenvalue weighted by atomic mass is 35.5. The van der Waals surface area contributed by atoms with E-state index in [-0.39, 0.29) is 17.4 Å². The molecule has 33 heavy (non-hydrogen) atoms. The van der Waals surface area contributed by atoms with Gasteiger partial charge < -0.3 is 15.1 Å². The minimum absolute atomic E-state index is 0.238. The summed E-state index contributed by atoms with van der Waals surface area (Å²) >= 11 is 7.75. The molecule has 4 rings (SSSR count). The standard InChI is InChI=1S/C26H23ClN2O3S/c1-26(2,3)29-25(31)24-22(27)18-10-7-11-19(23(18)33-24)28-21(30)15-13-17-12-14-20(32-17)16-8-5-4-6-9-16/h4-15H,1-3H3,(H,28,30)(H,29,31)/b15-13+. The Morgan fingerprint density at radius 1 is 1.00 bits per heavy atom. The number of hydrogen-bond donors (Lipinski definition) is 2. The first-order valence-corrected chi connectivity index (χ1v) is 11.6. The molecule has 2 heterocycles. The first-order chi connectivity index (χ1) is 15.7. The number of carbonyl (C=O) groups is 2. The lowest BCUT2D eigenvalue weighted by Crippen LogP contribution is -2.40. The van der Waals surface area contributed by atoms with E-state index < -0.39 is 0 Å². The van der Waals surface area contributed by atoms with Crippen LogP contribution < -0.4 is 10.6 Å². The van der Waals surface area contributed by atoms with Gasteiger partial charge in [0.25, 0.3) is 5.91 Å². The van der Waals surface area contributed by atoms with E-state index in [2.05, 4.69) is 10.6 Å². The van der Waals surface area contributed by atoms with Gasteiger partial charge in [-0.1, -0.05) is 54.1 Å². The van der Waals surface area contributed by atoms with E-state index in [1.807, 2.05) is 69.3 Å². The highest BCUT2D eigenvalue weighted by Crippen LogP contribution is 2.39. The number of thiophene rings is 1. The number of amides is 2. The van der Waals surface area contributed by atoms with Crippen LogP contribution in [0.3, 0.4) is 0 Å². The maximum Gasteiger partial charge on any atom is 0.263 e. The molecule has 2 amide bonds. The van der Waals surface area contributed by atoms with Crippen LogP contribution in [0.5, 0.6) is 0 Å². The first kappa shape index (κ1) is 22.8. The Morgan fingerprint density at radius 2 is 1.76 bits per heavy atom. The summed E-state index contributed by atoms with van der Waals surface area (Å²) in [5.41, 5.74) is 1.17. The van der Waals surface area contributed by atoms with E-state index in [4.69, 9.17) is 16.0 Å². The SMILES string of the molecule is CC(C)(C)NC(=O)c1sc2c(NC(=O)/C=C/c3ccc(-c4ccccc4)o3)cccc2c1Cl. The van der Waals surface area contributed by atoms with Crippen molar-refractivity contribution in [2.24, 2.45) is 0 Å². The average molecular weight is 479 g/mol. The van der Waals surface area contributed by atoms with E-state index in [1.165, 1.54) is 17.4 Å². The Hall–Kier alpha value is -3.35. The lowest BCUT2D eigenvalue weighted by Gasteiger charge is -2.19. The zero-order valence-electron chi connectivity index (χ0n) is 18.4. The maximum atomic E-state index is 12.7. The van der Waals surface area contributed by atoms with Gasteiger partial charge in [-0.3, -0.25) is 9.59 Å². The van der Waals surface area contributed by atoms with Crippen molar-refractivity contribution in [2.75, 3.05) is 5.32 Å². The molecule has 2 aromatic carbocycles. The molecule has 0 radical (unpaired) electrons. The van der Waals surface area contributed by atoms with Crippen LogP contribution in [0.15, 0.2) is 71.2 Å². The molecule has 0 spiro atoms. The van der Waals surface area contributed by atoms with Crippen LogP contribution in [0, 0.1) is 0 Å². The fraction of sp³-hybridized carbons (Fsp3) is 0.154. The number of benzene rings is 2. The smallest absolute Gasteiger partial charge is 0.263 e. The highest BCUT2D eigenvalue weighted by molar-refractivity contribution is 7.22. The molecule has 2 N–H and O–H groups in total. The lowest BCUT2D eigenvalue weighted by atomic mass is 10.1. The highest BCUT2D eigenvalue weighted by Gasteiger charge is 2.22. The zero-order valence-corrected chi connectivity index (χ0v) is 20.0. The number of fused-ring (bicyclic) bond motifs is 1. The van der Waals surface area contributed by atoms with Crippen molar-refractivity contribution in [3.8, 4) is 11.3 Å². The minimum atomic E-state index is -0.384. The molecule has 0 saturated heterocycles. The third-order valence-corrected chi connectivity index (χ3v) is 6.43. The Bertz CT molecular complexity index is 1350. The van der Waals surface area contributed by atoms with Crippen molar-refractivity contribution in [2.45, 2.75) is 26.3 Å². The Balaban J connectivity index is 1.52. The summed E-state index contributed by atoms with van der Waals surface area (Å²) in [6.45, 7) is 5.73. The molecule has 0 saturated carbocycles. The summed E-state index contributed by atoms with van der Waals surface area (Å²) in [4.78, 5) is 25.6. The average Bonchev–Trinajstić information content (AvgIpc) is 3.37. The van der Waals surface area contributed by atoms with Crippen molar-refractivity contribution < 1.29 is 14.0 Å². The lowest BCUT2D eigenvalue weighted by molar-refractivity contribution is -0.111. The number of furan rings is 1. The second-order valence-electron chi connectivity index (χ2n) is 8.52. The van der Waals surface area contributed by atoms with Gasteiger partial charge in [-0.25, -0.2) is 0 Å². The van der Waals surface area contributed by atoms with Gasteiger partial charge in [-0.2, -0.15) is 0 Å². The molecule has 5 nitrogen and oxygen atoms in total. The number of rotatable bonds is 5. The van der Waals surface area contributed by atoms with E-state index in [0.29, 0.717) is 21.3 Å². The Morgan fingerprint density at radius 3 is 2.48 bits per heavy atom. The van der Waals surface area contributed by atoms with Crippen molar-refractivity contribution in [1.82, 2.24) is 5.32 Å². The van der Waals surface area contributed by atoms with Crippen LogP contribution in [0.2, 0.25) is 5.02 Å². The van der Waals surface area contributed by atoms with E-state index in [0.717, 1.165) is 21.4 Å². The molecular formula is C26H23ClN2O3S. The van der Waals surface area contributed by atoms with Crippen molar-refractivity contribution in [3.05, 3.63) is 82.4 Å². The van der Waals surface area contributed by atoms with Crippen LogP contribution in [-0.2, 0) is 4.79 Å². The Labute approximate surface area is 201 Å². The topological polar surface area (TPSA) is 71.3 Å². The van der Waals surface area contributed by atoms with E-state index in [9.17, 15) is 9.59 Å². The third-order valence-electron chi connectivity index (χ3n) is 4.69. The van der Waals surface area contributed by atoms with Gasteiger partial charge in [-0.15, -0.1) is 11.3 Å². The number of anilines is 1. The fourth-order valence-electron chi connectivity index (χ4n) is 3.26. The van der Waals surface area contributed by atoms with E-state index >= 15 is 0 Å². The number of halogens is 1. The van der Waals surface area contributed by atoms with Crippen LogP contribution in [0.1, 0.15) is 36.2 Å².